The Morgan fingerprint density at radius 3 is 2.86 bits per heavy atom. The average molecular weight is 310 g/mol. The van der Waals surface area contributed by atoms with E-state index in [2.05, 4.69) is 19.1 Å². The molecule has 2 rings (SSSR count). The van der Waals surface area contributed by atoms with Gasteiger partial charge in [0.2, 0.25) is 0 Å². The molecule has 0 fully saturated rings. The van der Waals surface area contributed by atoms with Crippen LogP contribution < -0.4 is 15.2 Å². The third kappa shape index (κ3) is 4.39. The molecule has 2 atom stereocenters. The molecule has 0 radical (unpaired) electrons. The summed E-state index contributed by atoms with van der Waals surface area (Å²) in [5.74, 6) is 1.31. The summed E-state index contributed by atoms with van der Waals surface area (Å²) in [7, 11) is 1.64. The second kappa shape index (κ2) is 7.71. The SMILES string of the molecule is CCC(N)Cc1cc(Cl)c(OC2C=CCCC2)c(OC)c1. The molecule has 1 aliphatic rings. The summed E-state index contributed by atoms with van der Waals surface area (Å²) < 4.78 is 11.5. The second-order valence-electron chi connectivity index (χ2n) is 5.50. The van der Waals surface area contributed by atoms with E-state index in [0.717, 1.165) is 37.7 Å². The van der Waals surface area contributed by atoms with Gasteiger partial charge < -0.3 is 15.2 Å². The fourth-order valence-corrected chi connectivity index (χ4v) is 2.76. The lowest BCUT2D eigenvalue weighted by Crippen LogP contribution is -2.21. The lowest BCUT2D eigenvalue weighted by Gasteiger charge is -2.21. The topological polar surface area (TPSA) is 44.5 Å². The molecule has 0 bridgehead atoms. The number of hydrogen-bond donors (Lipinski definition) is 1. The number of halogens is 1. The van der Waals surface area contributed by atoms with Gasteiger partial charge in [0.1, 0.15) is 6.10 Å². The number of benzene rings is 1. The molecule has 4 heteroatoms. The standard InChI is InChI=1S/C17H24ClNO2/c1-3-13(19)9-12-10-15(18)17(16(11-12)20-2)21-14-7-5-4-6-8-14/h5,7,10-11,13-14H,3-4,6,8-9,19H2,1-2H3. The van der Waals surface area contributed by atoms with Crippen LogP contribution in [-0.4, -0.2) is 19.3 Å². The van der Waals surface area contributed by atoms with Gasteiger partial charge in [0.15, 0.2) is 11.5 Å². The summed E-state index contributed by atoms with van der Waals surface area (Å²) in [6.45, 7) is 2.08. The molecule has 0 saturated heterocycles. The molecule has 1 aromatic carbocycles. The zero-order valence-corrected chi connectivity index (χ0v) is 13.5. The number of methoxy groups -OCH3 is 1. The smallest absolute Gasteiger partial charge is 0.180 e. The van der Waals surface area contributed by atoms with Crippen LogP contribution in [0.15, 0.2) is 24.3 Å². The fraction of sp³-hybridized carbons (Fsp3) is 0.529. The Morgan fingerprint density at radius 1 is 1.43 bits per heavy atom. The first-order valence-corrected chi connectivity index (χ1v) is 7.97. The maximum absolute atomic E-state index is 6.39. The highest BCUT2D eigenvalue weighted by Crippen LogP contribution is 2.38. The van der Waals surface area contributed by atoms with Crippen LogP contribution in [0.25, 0.3) is 0 Å². The van der Waals surface area contributed by atoms with Gasteiger partial charge >= 0.3 is 0 Å². The van der Waals surface area contributed by atoms with E-state index in [1.807, 2.05) is 12.1 Å². The van der Waals surface area contributed by atoms with E-state index < -0.39 is 0 Å². The Kier molecular flexibility index (Phi) is 5.95. The first-order chi connectivity index (χ1) is 10.1. The first kappa shape index (κ1) is 16.2. The van der Waals surface area contributed by atoms with Crippen LogP contribution in [0.4, 0.5) is 0 Å². The third-order valence-electron chi connectivity index (χ3n) is 3.79. The van der Waals surface area contributed by atoms with Crippen LogP contribution >= 0.6 is 11.6 Å². The van der Waals surface area contributed by atoms with Crippen molar-refractivity contribution in [3.63, 3.8) is 0 Å². The monoisotopic (exact) mass is 309 g/mol. The highest BCUT2D eigenvalue weighted by molar-refractivity contribution is 6.32. The summed E-state index contributed by atoms with van der Waals surface area (Å²) >= 11 is 6.39. The lowest BCUT2D eigenvalue weighted by atomic mass is 10.0. The van der Waals surface area contributed by atoms with Crippen molar-refractivity contribution in [2.75, 3.05) is 7.11 Å². The molecule has 3 nitrogen and oxygen atoms in total. The fourth-order valence-electron chi connectivity index (χ4n) is 2.48. The Balaban J connectivity index is 2.20. The summed E-state index contributed by atoms with van der Waals surface area (Å²) in [6.07, 6.45) is 9.33. The average Bonchev–Trinajstić information content (AvgIpc) is 2.50. The largest absolute Gasteiger partial charge is 0.493 e. The molecule has 0 aliphatic heterocycles. The molecule has 2 N–H and O–H groups in total. The molecule has 0 amide bonds. The molecule has 0 saturated carbocycles. The van der Waals surface area contributed by atoms with E-state index in [4.69, 9.17) is 26.8 Å². The van der Waals surface area contributed by atoms with Crippen LogP contribution in [-0.2, 0) is 6.42 Å². The summed E-state index contributed by atoms with van der Waals surface area (Å²) in [5, 5.41) is 0.589. The van der Waals surface area contributed by atoms with E-state index in [0.29, 0.717) is 16.5 Å². The Labute approximate surface area is 132 Å². The number of hydrogen-bond acceptors (Lipinski definition) is 3. The van der Waals surface area contributed by atoms with Crippen molar-refractivity contribution in [3.05, 3.63) is 34.9 Å². The van der Waals surface area contributed by atoms with Gasteiger partial charge in [-0.25, -0.2) is 0 Å². The minimum Gasteiger partial charge on any atom is -0.493 e. The minimum atomic E-state index is 0.0777. The molecule has 2 unspecified atom stereocenters. The number of allylic oxidation sites excluding steroid dienone is 1. The van der Waals surface area contributed by atoms with Crippen LogP contribution in [0.3, 0.4) is 0 Å². The van der Waals surface area contributed by atoms with Crippen molar-refractivity contribution in [2.24, 2.45) is 5.73 Å². The molecule has 0 aromatic heterocycles. The van der Waals surface area contributed by atoms with Crippen molar-refractivity contribution in [3.8, 4) is 11.5 Å². The number of nitrogens with two attached hydrogens (primary N) is 1. The normalized spacial score (nSPS) is 19.3. The molecular weight excluding hydrogens is 286 g/mol. The van der Waals surface area contributed by atoms with Gasteiger partial charge in [0.25, 0.3) is 0 Å². The summed E-state index contributed by atoms with van der Waals surface area (Å²) in [6, 6.07) is 4.05. The lowest BCUT2D eigenvalue weighted by molar-refractivity contribution is 0.219. The van der Waals surface area contributed by atoms with Crippen molar-refractivity contribution in [1.29, 1.82) is 0 Å². The highest BCUT2D eigenvalue weighted by atomic mass is 35.5. The van der Waals surface area contributed by atoms with Crippen LogP contribution in [0.2, 0.25) is 5.02 Å². The highest BCUT2D eigenvalue weighted by Gasteiger charge is 2.17. The van der Waals surface area contributed by atoms with Gasteiger partial charge in [-0.3, -0.25) is 0 Å². The molecule has 0 spiro atoms. The van der Waals surface area contributed by atoms with Crippen molar-refractivity contribution < 1.29 is 9.47 Å². The minimum absolute atomic E-state index is 0.0777. The maximum atomic E-state index is 6.39. The Bertz CT molecular complexity index is 502. The molecule has 1 aromatic rings. The Hall–Kier alpha value is -1.19. The molecule has 116 valence electrons. The summed E-state index contributed by atoms with van der Waals surface area (Å²) in [4.78, 5) is 0. The van der Waals surface area contributed by atoms with Crippen LogP contribution in [0.1, 0.15) is 38.2 Å². The first-order valence-electron chi connectivity index (χ1n) is 7.59. The van der Waals surface area contributed by atoms with E-state index in [9.17, 15) is 0 Å². The number of rotatable bonds is 6. The van der Waals surface area contributed by atoms with Gasteiger partial charge in [-0.05, 0) is 55.9 Å². The van der Waals surface area contributed by atoms with Gasteiger partial charge in [-0.2, -0.15) is 0 Å². The predicted octanol–water partition coefficient (Wildman–Crippen LogP) is 4.12. The molecule has 21 heavy (non-hydrogen) atoms. The van der Waals surface area contributed by atoms with Gasteiger partial charge in [-0.1, -0.05) is 24.6 Å². The quantitative estimate of drug-likeness (QED) is 0.804. The molecular formula is C17H24ClNO2. The zero-order valence-electron chi connectivity index (χ0n) is 12.8. The predicted molar refractivity (Wildman–Crippen MR) is 87.4 cm³/mol. The van der Waals surface area contributed by atoms with E-state index in [-0.39, 0.29) is 12.1 Å². The van der Waals surface area contributed by atoms with Gasteiger partial charge in [0, 0.05) is 6.04 Å². The van der Waals surface area contributed by atoms with Crippen LogP contribution in [0.5, 0.6) is 11.5 Å². The van der Waals surface area contributed by atoms with Crippen molar-refractivity contribution in [1.82, 2.24) is 0 Å². The number of ether oxygens (including phenoxy) is 2. The third-order valence-corrected chi connectivity index (χ3v) is 4.07. The van der Waals surface area contributed by atoms with Crippen LogP contribution in [0, 0.1) is 0 Å². The zero-order chi connectivity index (χ0) is 15.2. The Morgan fingerprint density at radius 2 is 2.24 bits per heavy atom. The molecule has 0 heterocycles. The van der Waals surface area contributed by atoms with Gasteiger partial charge in [0.05, 0.1) is 12.1 Å². The van der Waals surface area contributed by atoms with E-state index in [1.165, 1.54) is 0 Å². The second-order valence-corrected chi connectivity index (χ2v) is 5.90. The van der Waals surface area contributed by atoms with E-state index >= 15 is 0 Å². The van der Waals surface area contributed by atoms with Crippen molar-refractivity contribution >= 4 is 11.6 Å². The van der Waals surface area contributed by atoms with E-state index in [1.54, 1.807) is 7.11 Å². The maximum Gasteiger partial charge on any atom is 0.180 e. The van der Waals surface area contributed by atoms with Crippen molar-refractivity contribution in [2.45, 2.75) is 51.2 Å². The van der Waals surface area contributed by atoms with Gasteiger partial charge in [-0.15, -0.1) is 0 Å². The molecule has 1 aliphatic carbocycles. The summed E-state index contributed by atoms with van der Waals surface area (Å²) in [5.41, 5.74) is 7.09.